The standard InChI is InChI=1S/C13H12O3/c1-15-13(14)8-12-7-11(9-16-12)10-5-3-2-4-6-10/h2-7,9H,8H2,1H3. The van der Waals surface area contributed by atoms with E-state index in [4.69, 9.17) is 4.42 Å². The Balaban J connectivity index is 2.17. The normalized spacial score (nSPS) is 10.1. The van der Waals surface area contributed by atoms with E-state index in [1.165, 1.54) is 7.11 Å². The van der Waals surface area contributed by atoms with Crippen LogP contribution in [0.2, 0.25) is 0 Å². The molecule has 0 spiro atoms. The molecule has 0 unspecified atom stereocenters. The summed E-state index contributed by atoms with van der Waals surface area (Å²) >= 11 is 0. The summed E-state index contributed by atoms with van der Waals surface area (Å²) in [5, 5.41) is 0. The zero-order valence-electron chi connectivity index (χ0n) is 8.97. The molecule has 82 valence electrons. The zero-order chi connectivity index (χ0) is 11.4. The number of benzene rings is 1. The predicted octanol–water partition coefficient (Wildman–Crippen LogP) is 2.66. The predicted molar refractivity (Wildman–Crippen MR) is 59.9 cm³/mol. The topological polar surface area (TPSA) is 39.4 Å². The quantitative estimate of drug-likeness (QED) is 0.740. The van der Waals surface area contributed by atoms with E-state index in [2.05, 4.69) is 4.74 Å². The van der Waals surface area contributed by atoms with Crippen LogP contribution < -0.4 is 0 Å². The van der Waals surface area contributed by atoms with Gasteiger partial charge in [0.1, 0.15) is 12.2 Å². The second-order valence-electron chi connectivity index (χ2n) is 3.42. The minimum atomic E-state index is -0.297. The number of hydrogen-bond donors (Lipinski definition) is 0. The van der Waals surface area contributed by atoms with E-state index < -0.39 is 0 Å². The van der Waals surface area contributed by atoms with E-state index in [1.807, 2.05) is 36.4 Å². The first-order chi connectivity index (χ1) is 7.79. The van der Waals surface area contributed by atoms with Crippen molar-refractivity contribution >= 4 is 5.97 Å². The van der Waals surface area contributed by atoms with Gasteiger partial charge in [-0.05, 0) is 11.6 Å². The van der Waals surface area contributed by atoms with Crippen LogP contribution in [-0.4, -0.2) is 13.1 Å². The molecule has 16 heavy (non-hydrogen) atoms. The number of furan rings is 1. The van der Waals surface area contributed by atoms with Gasteiger partial charge in [-0.3, -0.25) is 4.79 Å². The maximum atomic E-state index is 11.0. The largest absolute Gasteiger partial charge is 0.469 e. The first-order valence-electron chi connectivity index (χ1n) is 4.99. The van der Waals surface area contributed by atoms with Crippen molar-refractivity contribution in [3.05, 3.63) is 48.4 Å². The average Bonchev–Trinajstić information content (AvgIpc) is 2.78. The molecule has 1 heterocycles. The Morgan fingerprint density at radius 1 is 1.25 bits per heavy atom. The first-order valence-corrected chi connectivity index (χ1v) is 4.99. The van der Waals surface area contributed by atoms with Crippen molar-refractivity contribution in [2.75, 3.05) is 7.11 Å². The van der Waals surface area contributed by atoms with Gasteiger partial charge in [0.25, 0.3) is 0 Å². The molecule has 0 aliphatic heterocycles. The molecule has 3 nitrogen and oxygen atoms in total. The van der Waals surface area contributed by atoms with Crippen LogP contribution in [0.5, 0.6) is 0 Å². The lowest BCUT2D eigenvalue weighted by Crippen LogP contribution is -2.03. The van der Waals surface area contributed by atoms with Crippen molar-refractivity contribution < 1.29 is 13.9 Å². The summed E-state index contributed by atoms with van der Waals surface area (Å²) in [6.45, 7) is 0. The van der Waals surface area contributed by atoms with Crippen molar-refractivity contribution in [1.29, 1.82) is 0 Å². The second kappa shape index (κ2) is 4.66. The Bertz CT molecular complexity index is 471. The number of carbonyl (C=O) groups is 1. The van der Waals surface area contributed by atoms with Gasteiger partial charge >= 0.3 is 5.97 Å². The van der Waals surface area contributed by atoms with Gasteiger partial charge in [0, 0.05) is 5.56 Å². The summed E-state index contributed by atoms with van der Waals surface area (Å²) in [5.74, 6) is 0.319. The molecule has 0 atom stereocenters. The van der Waals surface area contributed by atoms with Crippen LogP contribution in [0.15, 0.2) is 47.1 Å². The van der Waals surface area contributed by atoms with Crippen molar-refractivity contribution in [1.82, 2.24) is 0 Å². The van der Waals surface area contributed by atoms with Gasteiger partial charge in [-0.25, -0.2) is 0 Å². The van der Waals surface area contributed by atoms with E-state index in [0.717, 1.165) is 11.1 Å². The lowest BCUT2D eigenvalue weighted by Gasteiger charge is -1.94. The van der Waals surface area contributed by atoms with E-state index in [9.17, 15) is 4.79 Å². The van der Waals surface area contributed by atoms with Crippen molar-refractivity contribution in [2.24, 2.45) is 0 Å². The summed E-state index contributed by atoms with van der Waals surface area (Å²) < 4.78 is 9.86. The molecule has 0 radical (unpaired) electrons. The van der Waals surface area contributed by atoms with E-state index >= 15 is 0 Å². The highest BCUT2D eigenvalue weighted by atomic mass is 16.5. The van der Waals surface area contributed by atoms with E-state index in [1.54, 1.807) is 6.26 Å². The lowest BCUT2D eigenvalue weighted by molar-refractivity contribution is -0.140. The van der Waals surface area contributed by atoms with Crippen LogP contribution in [-0.2, 0) is 16.0 Å². The molecule has 0 aliphatic carbocycles. The Morgan fingerprint density at radius 2 is 2.00 bits per heavy atom. The van der Waals surface area contributed by atoms with Gasteiger partial charge in [-0.15, -0.1) is 0 Å². The number of ether oxygens (including phenoxy) is 1. The molecule has 1 aromatic carbocycles. The van der Waals surface area contributed by atoms with Crippen molar-refractivity contribution in [3.8, 4) is 11.1 Å². The molecule has 2 rings (SSSR count). The third kappa shape index (κ3) is 2.31. The van der Waals surface area contributed by atoms with Gasteiger partial charge in [0.15, 0.2) is 0 Å². The van der Waals surface area contributed by atoms with Crippen LogP contribution in [0.1, 0.15) is 5.76 Å². The number of methoxy groups -OCH3 is 1. The SMILES string of the molecule is COC(=O)Cc1cc(-c2ccccc2)co1. The minimum Gasteiger partial charge on any atom is -0.469 e. The van der Waals surface area contributed by atoms with Gasteiger partial charge in [0.2, 0.25) is 0 Å². The summed E-state index contributed by atoms with van der Waals surface area (Å²) in [6, 6.07) is 11.7. The fourth-order valence-electron chi connectivity index (χ4n) is 1.47. The highest BCUT2D eigenvalue weighted by molar-refractivity contribution is 5.72. The highest BCUT2D eigenvalue weighted by Crippen LogP contribution is 2.21. The van der Waals surface area contributed by atoms with Crippen LogP contribution in [0.4, 0.5) is 0 Å². The fraction of sp³-hybridized carbons (Fsp3) is 0.154. The number of rotatable bonds is 3. The number of hydrogen-bond acceptors (Lipinski definition) is 3. The van der Waals surface area contributed by atoms with Crippen LogP contribution >= 0.6 is 0 Å². The van der Waals surface area contributed by atoms with E-state index in [0.29, 0.717) is 5.76 Å². The molecule has 0 aliphatic rings. The maximum absolute atomic E-state index is 11.0. The van der Waals surface area contributed by atoms with Gasteiger partial charge in [-0.2, -0.15) is 0 Å². The third-order valence-electron chi connectivity index (χ3n) is 2.31. The summed E-state index contributed by atoms with van der Waals surface area (Å²) in [7, 11) is 1.36. The fourth-order valence-corrected chi connectivity index (χ4v) is 1.47. The Hall–Kier alpha value is -2.03. The molecule has 1 aromatic heterocycles. The number of esters is 1. The number of carbonyl (C=O) groups excluding carboxylic acids is 1. The maximum Gasteiger partial charge on any atom is 0.313 e. The first kappa shape index (κ1) is 10.5. The monoisotopic (exact) mass is 216 g/mol. The smallest absolute Gasteiger partial charge is 0.313 e. The lowest BCUT2D eigenvalue weighted by atomic mass is 10.1. The van der Waals surface area contributed by atoms with Crippen LogP contribution in [0.3, 0.4) is 0 Å². The van der Waals surface area contributed by atoms with Crippen LogP contribution in [0.25, 0.3) is 11.1 Å². The molecule has 0 amide bonds. The Kier molecular flexibility index (Phi) is 3.05. The molecule has 0 bridgehead atoms. The van der Waals surface area contributed by atoms with Gasteiger partial charge < -0.3 is 9.15 Å². The molecule has 0 N–H and O–H groups in total. The molecule has 0 saturated heterocycles. The van der Waals surface area contributed by atoms with Crippen molar-refractivity contribution in [3.63, 3.8) is 0 Å². The summed E-state index contributed by atoms with van der Waals surface area (Å²) in [6.07, 6.45) is 1.82. The van der Waals surface area contributed by atoms with Crippen molar-refractivity contribution in [2.45, 2.75) is 6.42 Å². The summed E-state index contributed by atoms with van der Waals surface area (Å²) in [4.78, 5) is 11.0. The highest BCUT2D eigenvalue weighted by Gasteiger charge is 2.08. The average molecular weight is 216 g/mol. The van der Waals surface area contributed by atoms with Gasteiger partial charge in [0.05, 0.1) is 13.4 Å². The molecule has 0 fully saturated rings. The minimum absolute atomic E-state index is 0.170. The van der Waals surface area contributed by atoms with Crippen LogP contribution in [0, 0.1) is 0 Å². The Labute approximate surface area is 93.7 Å². The Morgan fingerprint density at radius 3 is 2.69 bits per heavy atom. The zero-order valence-corrected chi connectivity index (χ0v) is 8.97. The third-order valence-corrected chi connectivity index (χ3v) is 2.31. The molecule has 0 saturated carbocycles. The molecular weight excluding hydrogens is 204 g/mol. The van der Waals surface area contributed by atoms with Gasteiger partial charge in [-0.1, -0.05) is 30.3 Å². The summed E-state index contributed by atoms with van der Waals surface area (Å²) in [5.41, 5.74) is 2.04. The molecule has 2 aromatic rings. The second-order valence-corrected chi connectivity index (χ2v) is 3.42. The van der Waals surface area contributed by atoms with E-state index in [-0.39, 0.29) is 12.4 Å². The molecule has 3 heteroatoms. The molecular formula is C13H12O3.